The summed E-state index contributed by atoms with van der Waals surface area (Å²) in [4.78, 5) is 4.02. The van der Waals surface area contributed by atoms with Gasteiger partial charge in [-0.05, 0) is 13.8 Å². The van der Waals surface area contributed by atoms with Crippen LogP contribution in [-0.2, 0) is 23.1 Å². The molecule has 0 N–H and O–H groups in total. The second kappa shape index (κ2) is 4.67. The Morgan fingerprint density at radius 2 is 2.10 bits per heavy atom. The van der Waals surface area contributed by atoms with Crippen molar-refractivity contribution in [3.63, 3.8) is 0 Å². The standard InChI is InChI=1S/C11H16N6O2S/c1-9(2)15-7-11(12-8-15)20(18,19)16-3-4-17-10(6-16)5-13-14-17/h5,7-9H,3-4,6H2,1-2H3. The summed E-state index contributed by atoms with van der Waals surface area (Å²) >= 11 is 0. The second-order valence-corrected chi connectivity index (χ2v) is 6.92. The summed E-state index contributed by atoms with van der Waals surface area (Å²) < 4.78 is 30.0. The molecule has 3 rings (SSSR count). The Hall–Kier alpha value is -1.74. The molecule has 1 aliphatic rings. The van der Waals surface area contributed by atoms with E-state index in [9.17, 15) is 8.42 Å². The quantitative estimate of drug-likeness (QED) is 0.811. The summed E-state index contributed by atoms with van der Waals surface area (Å²) in [6, 6.07) is 0.179. The molecule has 0 unspecified atom stereocenters. The van der Waals surface area contributed by atoms with E-state index >= 15 is 0 Å². The number of fused-ring (bicyclic) bond motifs is 1. The van der Waals surface area contributed by atoms with Crippen LogP contribution in [0.4, 0.5) is 0 Å². The second-order valence-electron chi connectivity index (χ2n) is 5.04. The van der Waals surface area contributed by atoms with Gasteiger partial charge in [-0.15, -0.1) is 5.10 Å². The molecule has 9 heteroatoms. The lowest BCUT2D eigenvalue weighted by molar-refractivity contribution is 0.324. The van der Waals surface area contributed by atoms with E-state index in [4.69, 9.17) is 0 Å². The maximum Gasteiger partial charge on any atom is 0.262 e. The van der Waals surface area contributed by atoms with Crippen molar-refractivity contribution in [3.05, 3.63) is 24.4 Å². The Labute approximate surface area is 117 Å². The highest BCUT2D eigenvalue weighted by molar-refractivity contribution is 7.89. The third-order valence-electron chi connectivity index (χ3n) is 3.38. The van der Waals surface area contributed by atoms with E-state index in [-0.39, 0.29) is 17.6 Å². The van der Waals surface area contributed by atoms with Crippen LogP contribution in [0.25, 0.3) is 0 Å². The average molecular weight is 296 g/mol. The minimum absolute atomic E-state index is 0.0899. The Bertz CT molecular complexity index is 717. The maximum absolute atomic E-state index is 12.6. The lowest BCUT2D eigenvalue weighted by Gasteiger charge is -2.25. The Morgan fingerprint density at radius 1 is 1.30 bits per heavy atom. The largest absolute Gasteiger partial charge is 0.334 e. The van der Waals surface area contributed by atoms with E-state index in [0.29, 0.717) is 13.1 Å². The monoisotopic (exact) mass is 296 g/mol. The molecule has 0 saturated heterocycles. The molecule has 0 saturated carbocycles. The number of hydrogen-bond donors (Lipinski definition) is 0. The van der Waals surface area contributed by atoms with E-state index in [1.54, 1.807) is 28.0 Å². The van der Waals surface area contributed by atoms with Gasteiger partial charge in [0.25, 0.3) is 10.0 Å². The Morgan fingerprint density at radius 3 is 2.80 bits per heavy atom. The SMILES string of the molecule is CC(C)n1cnc(S(=O)(=O)N2CCn3nncc3C2)c1. The summed E-state index contributed by atoms with van der Waals surface area (Å²) in [5.41, 5.74) is 0.795. The highest BCUT2D eigenvalue weighted by Gasteiger charge is 2.30. The fourth-order valence-corrected chi connectivity index (χ4v) is 3.45. The van der Waals surface area contributed by atoms with Crippen LogP contribution in [-0.4, -0.2) is 43.8 Å². The van der Waals surface area contributed by atoms with Gasteiger partial charge in [-0.2, -0.15) is 4.31 Å². The Kier molecular flexibility index (Phi) is 3.09. The smallest absolute Gasteiger partial charge is 0.262 e. The van der Waals surface area contributed by atoms with Crippen molar-refractivity contribution < 1.29 is 8.42 Å². The van der Waals surface area contributed by atoms with E-state index < -0.39 is 10.0 Å². The van der Waals surface area contributed by atoms with Gasteiger partial charge in [0.2, 0.25) is 0 Å². The summed E-state index contributed by atoms with van der Waals surface area (Å²) in [5.74, 6) is 0. The number of aromatic nitrogens is 5. The normalized spacial score (nSPS) is 16.6. The fraction of sp³-hybridized carbons (Fsp3) is 0.545. The summed E-state index contributed by atoms with van der Waals surface area (Å²) in [7, 11) is -3.56. The lowest BCUT2D eigenvalue weighted by Crippen LogP contribution is -2.38. The van der Waals surface area contributed by atoms with Gasteiger partial charge in [0.1, 0.15) is 0 Å². The number of nitrogens with zero attached hydrogens (tertiary/aromatic N) is 6. The highest BCUT2D eigenvalue weighted by Crippen LogP contribution is 2.20. The van der Waals surface area contributed by atoms with Gasteiger partial charge < -0.3 is 4.57 Å². The molecule has 108 valence electrons. The minimum Gasteiger partial charge on any atom is -0.334 e. The molecular weight excluding hydrogens is 280 g/mol. The zero-order valence-electron chi connectivity index (χ0n) is 11.3. The first kappa shape index (κ1) is 13.3. The molecule has 0 aliphatic carbocycles. The van der Waals surface area contributed by atoms with E-state index in [2.05, 4.69) is 15.3 Å². The van der Waals surface area contributed by atoms with Gasteiger partial charge in [-0.3, -0.25) is 0 Å². The maximum atomic E-state index is 12.6. The molecule has 0 fully saturated rings. The van der Waals surface area contributed by atoms with Gasteiger partial charge in [-0.25, -0.2) is 18.1 Å². The highest BCUT2D eigenvalue weighted by atomic mass is 32.2. The van der Waals surface area contributed by atoms with Crippen molar-refractivity contribution in [3.8, 4) is 0 Å². The third kappa shape index (κ3) is 2.12. The predicted molar refractivity (Wildman–Crippen MR) is 70.2 cm³/mol. The van der Waals surface area contributed by atoms with Crippen LogP contribution >= 0.6 is 0 Å². The van der Waals surface area contributed by atoms with Crippen molar-refractivity contribution in [2.24, 2.45) is 0 Å². The molecule has 8 nitrogen and oxygen atoms in total. The van der Waals surface area contributed by atoms with Crippen molar-refractivity contribution in [1.29, 1.82) is 0 Å². The van der Waals surface area contributed by atoms with Crippen LogP contribution < -0.4 is 0 Å². The number of imidazole rings is 1. The molecule has 3 heterocycles. The predicted octanol–water partition coefficient (Wildman–Crippen LogP) is 0.260. The molecule has 0 aromatic carbocycles. The van der Waals surface area contributed by atoms with E-state index in [0.717, 1.165) is 5.69 Å². The number of sulfonamides is 1. The van der Waals surface area contributed by atoms with Gasteiger partial charge in [0, 0.05) is 18.8 Å². The molecule has 2 aromatic rings. The number of hydrogen-bond acceptors (Lipinski definition) is 5. The molecular formula is C11H16N6O2S. The first-order valence-corrected chi connectivity index (χ1v) is 7.83. The summed E-state index contributed by atoms with van der Waals surface area (Å²) in [6.07, 6.45) is 4.71. The van der Waals surface area contributed by atoms with Crippen LogP contribution in [0.15, 0.2) is 23.7 Å². The van der Waals surface area contributed by atoms with Gasteiger partial charge >= 0.3 is 0 Å². The molecule has 20 heavy (non-hydrogen) atoms. The van der Waals surface area contributed by atoms with Crippen LogP contribution in [0, 0.1) is 0 Å². The van der Waals surface area contributed by atoms with Gasteiger partial charge in [-0.1, -0.05) is 5.21 Å². The molecule has 0 bridgehead atoms. The first-order chi connectivity index (χ1) is 9.48. The number of rotatable bonds is 3. The van der Waals surface area contributed by atoms with Crippen LogP contribution in [0.5, 0.6) is 0 Å². The van der Waals surface area contributed by atoms with Gasteiger partial charge in [0.15, 0.2) is 5.03 Å². The van der Waals surface area contributed by atoms with Crippen molar-refractivity contribution in [2.75, 3.05) is 6.54 Å². The summed E-state index contributed by atoms with van der Waals surface area (Å²) in [5, 5.41) is 7.78. The van der Waals surface area contributed by atoms with E-state index in [1.165, 1.54) is 4.31 Å². The molecule has 2 aromatic heterocycles. The molecule has 1 aliphatic heterocycles. The molecule has 0 radical (unpaired) electrons. The average Bonchev–Trinajstić information content (AvgIpc) is 3.07. The van der Waals surface area contributed by atoms with Crippen molar-refractivity contribution in [2.45, 2.75) is 38.0 Å². The molecule has 0 atom stereocenters. The van der Waals surface area contributed by atoms with E-state index in [1.807, 2.05) is 13.8 Å². The van der Waals surface area contributed by atoms with Crippen LogP contribution in [0.1, 0.15) is 25.6 Å². The lowest BCUT2D eigenvalue weighted by atomic mass is 10.4. The van der Waals surface area contributed by atoms with Crippen LogP contribution in [0.3, 0.4) is 0 Å². The molecule has 0 amide bonds. The minimum atomic E-state index is -3.56. The van der Waals surface area contributed by atoms with Gasteiger partial charge in [0.05, 0.1) is 31.3 Å². The fourth-order valence-electron chi connectivity index (χ4n) is 2.13. The summed E-state index contributed by atoms with van der Waals surface area (Å²) in [6.45, 7) is 5.13. The topological polar surface area (TPSA) is 85.9 Å². The Balaban J connectivity index is 1.89. The molecule has 0 spiro atoms. The third-order valence-corrected chi connectivity index (χ3v) is 5.11. The zero-order valence-corrected chi connectivity index (χ0v) is 12.2. The zero-order chi connectivity index (χ0) is 14.3. The van der Waals surface area contributed by atoms with Crippen molar-refractivity contribution in [1.82, 2.24) is 28.9 Å². The van der Waals surface area contributed by atoms with Crippen molar-refractivity contribution >= 4 is 10.0 Å². The first-order valence-electron chi connectivity index (χ1n) is 6.39. The van der Waals surface area contributed by atoms with Crippen LogP contribution in [0.2, 0.25) is 0 Å².